The smallest absolute Gasteiger partial charge is 0.248 e. The Bertz CT molecular complexity index is 1080. The second-order valence-electron chi connectivity index (χ2n) is 9.73. The number of hydrogen-bond acceptors (Lipinski definition) is 5. The number of nitrogens with one attached hydrogen (secondary N) is 3. The summed E-state index contributed by atoms with van der Waals surface area (Å²) in [5, 5.41) is 9.73. The third-order valence-electron chi connectivity index (χ3n) is 7.47. The van der Waals surface area contributed by atoms with Gasteiger partial charge in [-0.25, -0.2) is 0 Å². The molecule has 0 radical (unpaired) electrons. The van der Waals surface area contributed by atoms with E-state index < -0.39 is 6.04 Å². The van der Waals surface area contributed by atoms with E-state index in [9.17, 15) is 9.59 Å². The van der Waals surface area contributed by atoms with Gasteiger partial charge in [0.2, 0.25) is 11.8 Å². The third kappa shape index (κ3) is 5.26. The van der Waals surface area contributed by atoms with Crippen molar-refractivity contribution in [1.29, 1.82) is 0 Å². The molecule has 5 rings (SSSR count). The van der Waals surface area contributed by atoms with Crippen molar-refractivity contribution in [3.05, 3.63) is 77.4 Å². The van der Waals surface area contributed by atoms with E-state index in [2.05, 4.69) is 40.2 Å². The number of likely N-dealkylation sites (tertiary alicyclic amines) is 1. The van der Waals surface area contributed by atoms with Crippen LogP contribution in [0.3, 0.4) is 0 Å². The minimum Gasteiger partial charge on any atom is -0.384 e. The second kappa shape index (κ2) is 10.6. The highest BCUT2D eigenvalue weighted by molar-refractivity contribution is 5.97. The minimum absolute atomic E-state index is 0.0649. The lowest BCUT2D eigenvalue weighted by Gasteiger charge is -2.40. The Balaban J connectivity index is 1.24. The Labute approximate surface area is 206 Å². The highest BCUT2D eigenvalue weighted by atomic mass is 16.5. The lowest BCUT2D eigenvalue weighted by Crippen LogP contribution is -2.55. The van der Waals surface area contributed by atoms with Crippen LogP contribution in [0, 0.1) is 0 Å². The van der Waals surface area contributed by atoms with E-state index >= 15 is 0 Å². The van der Waals surface area contributed by atoms with Gasteiger partial charge in [0.25, 0.3) is 0 Å². The maximum absolute atomic E-state index is 13.6. The van der Waals surface area contributed by atoms with Crippen LogP contribution >= 0.6 is 0 Å². The molecule has 0 bridgehead atoms. The molecule has 35 heavy (non-hydrogen) atoms. The molecule has 7 nitrogen and oxygen atoms in total. The number of fused-ring (bicyclic) bond motifs is 2. The highest BCUT2D eigenvalue weighted by Crippen LogP contribution is 2.43. The Morgan fingerprint density at radius 2 is 1.83 bits per heavy atom. The van der Waals surface area contributed by atoms with Crippen molar-refractivity contribution in [2.75, 3.05) is 44.6 Å². The molecule has 3 aliphatic rings. The van der Waals surface area contributed by atoms with Gasteiger partial charge in [-0.05, 0) is 43.0 Å². The third-order valence-corrected chi connectivity index (χ3v) is 7.47. The number of carbonyl (C=O) groups is 2. The molecule has 2 amide bonds. The van der Waals surface area contributed by atoms with Gasteiger partial charge in [0.15, 0.2) is 0 Å². The van der Waals surface area contributed by atoms with Crippen molar-refractivity contribution >= 4 is 17.5 Å². The first-order valence-electron chi connectivity index (χ1n) is 12.6. The molecular formula is C28H34N4O3. The van der Waals surface area contributed by atoms with Gasteiger partial charge in [0.05, 0.1) is 13.2 Å². The zero-order chi connectivity index (χ0) is 24.1. The van der Waals surface area contributed by atoms with Crippen molar-refractivity contribution in [2.24, 2.45) is 0 Å². The molecule has 2 aromatic rings. The van der Waals surface area contributed by atoms with E-state index in [1.54, 1.807) is 0 Å². The molecule has 2 aromatic carbocycles. The predicted octanol–water partition coefficient (Wildman–Crippen LogP) is 2.59. The Morgan fingerprint density at radius 1 is 1.06 bits per heavy atom. The molecule has 3 N–H and O–H groups in total. The Morgan fingerprint density at radius 3 is 2.60 bits per heavy atom. The molecule has 1 fully saturated rings. The van der Waals surface area contributed by atoms with Crippen molar-refractivity contribution in [3.63, 3.8) is 0 Å². The minimum atomic E-state index is -0.711. The summed E-state index contributed by atoms with van der Waals surface area (Å²) in [5.74, 6) is -0.258. The van der Waals surface area contributed by atoms with Crippen molar-refractivity contribution < 1.29 is 14.3 Å². The fourth-order valence-electron chi connectivity index (χ4n) is 5.39. The number of benzene rings is 2. The van der Waals surface area contributed by atoms with Crippen LogP contribution in [0.1, 0.15) is 30.4 Å². The average molecular weight is 475 g/mol. The van der Waals surface area contributed by atoms with Crippen molar-refractivity contribution in [1.82, 2.24) is 15.5 Å². The number of carbonyl (C=O) groups excluding carboxylic acids is 2. The van der Waals surface area contributed by atoms with Crippen LogP contribution in [0.5, 0.6) is 0 Å². The van der Waals surface area contributed by atoms with E-state index in [0.717, 1.165) is 37.9 Å². The second-order valence-corrected chi connectivity index (χ2v) is 9.73. The summed E-state index contributed by atoms with van der Waals surface area (Å²) in [6, 6.07) is 17.7. The van der Waals surface area contributed by atoms with Gasteiger partial charge in [-0.1, -0.05) is 54.6 Å². The highest BCUT2D eigenvalue weighted by Gasteiger charge is 2.42. The molecule has 7 heteroatoms. The van der Waals surface area contributed by atoms with Crippen LogP contribution in [-0.4, -0.2) is 62.1 Å². The summed E-state index contributed by atoms with van der Waals surface area (Å²) in [7, 11) is 0. The number of rotatable bonds is 7. The van der Waals surface area contributed by atoms with Crippen molar-refractivity contribution in [2.45, 2.75) is 37.3 Å². The molecule has 0 saturated carbocycles. The largest absolute Gasteiger partial charge is 0.384 e. The molecule has 1 atom stereocenters. The first-order chi connectivity index (χ1) is 17.1. The molecule has 0 aromatic heterocycles. The van der Waals surface area contributed by atoms with E-state index in [4.69, 9.17) is 4.74 Å². The summed E-state index contributed by atoms with van der Waals surface area (Å²) in [4.78, 5) is 28.4. The summed E-state index contributed by atoms with van der Waals surface area (Å²) in [6.07, 6.45) is 4.58. The average Bonchev–Trinajstić information content (AvgIpc) is 3.27. The maximum atomic E-state index is 13.6. The maximum Gasteiger partial charge on any atom is 0.248 e. The molecule has 184 valence electrons. The number of ether oxygens (including phenoxy) is 1. The van der Waals surface area contributed by atoms with Gasteiger partial charge in [-0.2, -0.15) is 0 Å². The quantitative estimate of drug-likeness (QED) is 0.575. The lowest BCUT2D eigenvalue weighted by molar-refractivity contribution is -0.139. The van der Waals surface area contributed by atoms with Crippen LogP contribution in [0.25, 0.3) is 0 Å². The van der Waals surface area contributed by atoms with E-state index in [-0.39, 0.29) is 23.8 Å². The summed E-state index contributed by atoms with van der Waals surface area (Å²) in [6.45, 7) is 4.19. The summed E-state index contributed by atoms with van der Waals surface area (Å²) in [5.41, 5.74) is 4.37. The lowest BCUT2D eigenvalue weighted by atomic mass is 9.74. The van der Waals surface area contributed by atoms with Gasteiger partial charge >= 0.3 is 0 Å². The number of nitrogens with zero attached hydrogens (tertiary/aromatic N) is 1. The molecule has 1 spiro atoms. The summed E-state index contributed by atoms with van der Waals surface area (Å²) >= 11 is 0. The fourth-order valence-corrected chi connectivity index (χ4v) is 5.39. The standard InChI is InChI=1S/C28H34N4O3/c33-26(22-9-6-14-29-17-22)31-25(19-35-18-21-7-2-1-3-8-21)27(34)32-15-12-28(13-16-32)20-30-24-11-5-4-10-23(24)28/h1-5,7-11,25,29-30H,6,12-20H2,(H,31,33)/t25-/m1/s1. The molecule has 1 saturated heterocycles. The van der Waals surface area contributed by atoms with Crippen LogP contribution in [-0.2, 0) is 26.3 Å². The molecule has 3 aliphatic heterocycles. The zero-order valence-corrected chi connectivity index (χ0v) is 20.1. The van der Waals surface area contributed by atoms with Gasteiger partial charge in [0, 0.05) is 42.9 Å². The van der Waals surface area contributed by atoms with Crippen LogP contribution in [0.15, 0.2) is 66.2 Å². The molecule has 3 heterocycles. The normalized spacial score (nSPS) is 19.4. The van der Waals surface area contributed by atoms with Gasteiger partial charge in [-0.15, -0.1) is 0 Å². The van der Waals surface area contributed by atoms with Crippen LogP contribution < -0.4 is 16.0 Å². The van der Waals surface area contributed by atoms with Crippen LogP contribution in [0.4, 0.5) is 5.69 Å². The monoisotopic (exact) mass is 474 g/mol. The van der Waals surface area contributed by atoms with E-state index in [1.165, 1.54) is 11.3 Å². The van der Waals surface area contributed by atoms with Gasteiger partial charge in [-0.3, -0.25) is 9.59 Å². The predicted molar refractivity (Wildman–Crippen MR) is 136 cm³/mol. The molecule has 0 aliphatic carbocycles. The number of piperidine rings is 1. The fraction of sp³-hybridized carbons (Fsp3) is 0.429. The van der Waals surface area contributed by atoms with Gasteiger partial charge < -0.3 is 25.6 Å². The topological polar surface area (TPSA) is 82.7 Å². The number of para-hydroxylation sites is 1. The molecular weight excluding hydrogens is 440 g/mol. The van der Waals surface area contributed by atoms with E-state index in [1.807, 2.05) is 41.3 Å². The zero-order valence-electron chi connectivity index (χ0n) is 20.1. The Hall–Kier alpha value is -3.16. The van der Waals surface area contributed by atoms with Crippen molar-refractivity contribution in [3.8, 4) is 0 Å². The van der Waals surface area contributed by atoms with Crippen LogP contribution in [0.2, 0.25) is 0 Å². The molecule has 0 unspecified atom stereocenters. The Kier molecular flexibility index (Phi) is 7.16. The first-order valence-corrected chi connectivity index (χ1v) is 12.6. The van der Waals surface area contributed by atoms with Gasteiger partial charge in [0.1, 0.15) is 6.04 Å². The van der Waals surface area contributed by atoms with E-state index in [0.29, 0.717) is 31.8 Å². The number of anilines is 1. The summed E-state index contributed by atoms with van der Waals surface area (Å²) < 4.78 is 5.91. The number of amides is 2. The first kappa shape index (κ1) is 23.6. The SMILES string of the molecule is O=C(N[C@H](COCc1ccccc1)C(=O)N1CCC2(CC1)CNc1ccccc12)C1=CCCNC1. The number of hydrogen-bond donors (Lipinski definition) is 3.